The normalized spacial score (nSPS) is 30.4. The monoisotopic (exact) mass is 197 g/mol. The number of hydrogen-bond donors (Lipinski definition) is 1. The molecule has 14 heavy (non-hydrogen) atoms. The molecule has 0 unspecified atom stereocenters. The minimum Gasteiger partial charge on any atom is -0.314 e. The molecule has 2 aliphatic rings. The fraction of sp³-hybridized carbons (Fsp3) is 1.00. The number of rotatable bonds is 1. The van der Waals surface area contributed by atoms with E-state index in [-0.39, 0.29) is 0 Å². The van der Waals surface area contributed by atoms with E-state index in [1.165, 1.54) is 52.1 Å². The fourth-order valence-electron chi connectivity index (χ4n) is 2.62. The Hall–Kier alpha value is -0.120. The third kappa shape index (κ3) is 2.10. The van der Waals surface area contributed by atoms with Gasteiger partial charge in [-0.25, -0.2) is 0 Å². The Balaban J connectivity index is 1.93. The van der Waals surface area contributed by atoms with Crippen molar-refractivity contribution in [2.24, 2.45) is 0 Å². The van der Waals surface area contributed by atoms with Crippen LogP contribution in [0.4, 0.5) is 0 Å². The summed E-state index contributed by atoms with van der Waals surface area (Å²) in [7, 11) is 2.23. The lowest BCUT2D eigenvalue weighted by molar-refractivity contribution is 0.0328. The highest BCUT2D eigenvalue weighted by Gasteiger charge is 2.34. The first kappa shape index (κ1) is 10.4. The smallest absolute Gasteiger partial charge is 0.0206 e. The van der Waals surface area contributed by atoms with Crippen molar-refractivity contribution in [1.82, 2.24) is 15.1 Å². The molecule has 2 saturated heterocycles. The first-order valence-corrected chi connectivity index (χ1v) is 5.85. The van der Waals surface area contributed by atoms with Crippen LogP contribution in [0, 0.1) is 0 Å². The maximum Gasteiger partial charge on any atom is 0.0206 e. The first-order chi connectivity index (χ1) is 6.71. The van der Waals surface area contributed by atoms with Crippen molar-refractivity contribution in [1.29, 1.82) is 0 Å². The molecule has 2 heterocycles. The third-order valence-electron chi connectivity index (χ3n) is 3.94. The Morgan fingerprint density at radius 3 is 2.14 bits per heavy atom. The summed E-state index contributed by atoms with van der Waals surface area (Å²) in [5.74, 6) is 0. The predicted octanol–water partition coefficient (Wildman–Crippen LogP) is 0.376. The summed E-state index contributed by atoms with van der Waals surface area (Å²) in [4.78, 5) is 5.14. The van der Waals surface area contributed by atoms with Gasteiger partial charge in [0.05, 0.1) is 0 Å². The SMILES string of the molecule is CN1CCC(C)(N2CCNCC2)CC1. The van der Waals surface area contributed by atoms with Crippen LogP contribution in [0.25, 0.3) is 0 Å². The van der Waals surface area contributed by atoms with Crippen molar-refractivity contribution in [2.45, 2.75) is 25.3 Å². The molecule has 2 rings (SSSR count). The number of nitrogens with zero attached hydrogens (tertiary/aromatic N) is 2. The van der Waals surface area contributed by atoms with Gasteiger partial charge in [0.15, 0.2) is 0 Å². The molecule has 82 valence electrons. The van der Waals surface area contributed by atoms with Gasteiger partial charge in [-0.2, -0.15) is 0 Å². The molecular formula is C11H23N3. The zero-order chi connectivity index (χ0) is 10.0. The molecule has 0 bridgehead atoms. The molecule has 1 N–H and O–H groups in total. The molecule has 3 nitrogen and oxygen atoms in total. The lowest BCUT2D eigenvalue weighted by Crippen LogP contribution is -2.58. The van der Waals surface area contributed by atoms with E-state index < -0.39 is 0 Å². The van der Waals surface area contributed by atoms with Gasteiger partial charge in [-0.05, 0) is 39.9 Å². The van der Waals surface area contributed by atoms with E-state index in [4.69, 9.17) is 0 Å². The maximum absolute atomic E-state index is 3.43. The zero-order valence-corrected chi connectivity index (χ0v) is 9.55. The van der Waals surface area contributed by atoms with E-state index in [1.807, 2.05) is 0 Å². The van der Waals surface area contributed by atoms with E-state index in [0.29, 0.717) is 5.54 Å². The van der Waals surface area contributed by atoms with Gasteiger partial charge in [0, 0.05) is 31.7 Å². The second-order valence-corrected chi connectivity index (χ2v) is 5.04. The second kappa shape index (κ2) is 4.17. The third-order valence-corrected chi connectivity index (χ3v) is 3.94. The van der Waals surface area contributed by atoms with E-state index in [9.17, 15) is 0 Å². The van der Waals surface area contributed by atoms with E-state index in [2.05, 4.69) is 29.1 Å². The molecule has 0 aromatic heterocycles. The van der Waals surface area contributed by atoms with Crippen molar-refractivity contribution in [3.63, 3.8) is 0 Å². The summed E-state index contributed by atoms with van der Waals surface area (Å²) >= 11 is 0. The summed E-state index contributed by atoms with van der Waals surface area (Å²) < 4.78 is 0. The van der Waals surface area contributed by atoms with Crippen LogP contribution in [0.2, 0.25) is 0 Å². The lowest BCUT2D eigenvalue weighted by atomic mass is 9.87. The molecule has 0 aromatic carbocycles. The van der Waals surface area contributed by atoms with Gasteiger partial charge >= 0.3 is 0 Å². The average Bonchev–Trinajstić information content (AvgIpc) is 2.24. The van der Waals surface area contributed by atoms with Crippen LogP contribution >= 0.6 is 0 Å². The molecule has 0 atom stereocenters. The Morgan fingerprint density at radius 2 is 1.57 bits per heavy atom. The van der Waals surface area contributed by atoms with Crippen molar-refractivity contribution < 1.29 is 0 Å². The van der Waals surface area contributed by atoms with Gasteiger partial charge < -0.3 is 10.2 Å². The topological polar surface area (TPSA) is 18.5 Å². The van der Waals surface area contributed by atoms with E-state index in [1.54, 1.807) is 0 Å². The molecule has 2 aliphatic heterocycles. The van der Waals surface area contributed by atoms with Crippen LogP contribution in [0.1, 0.15) is 19.8 Å². The van der Waals surface area contributed by atoms with Crippen molar-refractivity contribution in [2.75, 3.05) is 46.3 Å². The standard InChI is InChI=1S/C11H23N3/c1-11(3-7-13(2)8-4-11)14-9-5-12-6-10-14/h12H,3-10H2,1-2H3. The summed E-state index contributed by atoms with van der Waals surface area (Å²) in [6.07, 6.45) is 2.67. The summed E-state index contributed by atoms with van der Waals surface area (Å²) in [5.41, 5.74) is 0.481. The summed E-state index contributed by atoms with van der Waals surface area (Å²) in [6, 6.07) is 0. The number of piperidine rings is 1. The lowest BCUT2D eigenvalue weighted by Gasteiger charge is -2.47. The van der Waals surface area contributed by atoms with Crippen LogP contribution in [0.5, 0.6) is 0 Å². The largest absolute Gasteiger partial charge is 0.314 e. The Morgan fingerprint density at radius 1 is 1.00 bits per heavy atom. The highest BCUT2D eigenvalue weighted by molar-refractivity contribution is 4.92. The highest BCUT2D eigenvalue weighted by Crippen LogP contribution is 2.27. The Kier molecular flexibility index (Phi) is 3.10. The second-order valence-electron chi connectivity index (χ2n) is 5.04. The van der Waals surface area contributed by atoms with E-state index in [0.717, 1.165) is 0 Å². The molecule has 0 saturated carbocycles. The van der Waals surface area contributed by atoms with Gasteiger partial charge in [-0.1, -0.05) is 0 Å². The quantitative estimate of drug-likeness (QED) is 0.655. The summed E-state index contributed by atoms with van der Waals surface area (Å²) in [5, 5.41) is 3.43. The van der Waals surface area contributed by atoms with Gasteiger partial charge in [0.1, 0.15) is 0 Å². The zero-order valence-electron chi connectivity index (χ0n) is 9.55. The molecule has 0 spiro atoms. The molecule has 0 aliphatic carbocycles. The van der Waals surface area contributed by atoms with Crippen LogP contribution < -0.4 is 5.32 Å². The van der Waals surface area contributed by atoms with Crippen LogP contribution in [0.3, 0.4) is 0 Å². The minimum absolute atomic E-state index is 0.481. The minimum atomic E-state index is 0.481. The van der Waals surface area contributed by atoms with E-state index >= 15 is 0 Å². The number of nitrogens with one attached hydrogen (secondary N) is 1. The Labute approximate surface area is 87.4 Å². The summed E-state index contributed by atoms with van der Waals surface area (Å²) in [6.45, 7) is 9.80. The van der Waals surface area contributed by atoms with Gasteiger partial charge in [-0.15, -0.1) is 0 Å². The van der Waals surface area contributed by atoms with Crippen LogP contribution in [-0.4, -0.2) is 61.7 Å². The molecule has 0 amide bonds. The Bertz CT molecular complexity index is 179. The number of piperazine rings is 1. The molecule has 0 aromatic rings. The first-order valence-electron chi connectivity index (χ1n) is 5.85. The van der Waals surface area contributed by atoms with Gasteiger partial charge in [0.25, 0.3) is 0 Å². The molecule has 2 fully saturated rings. The van der Waals surface area contributed by atoms with Crippen LogP contribution in [-0.2, 0) is 0 Å². The van der Waals surface area contributed by atoms with Gasteiger partial charge in [0.2, 0.25) is 0 Å². The molecule has 0 radical (unpaired) electrons. The average molecular weight is 197 g/mol. The fourth-order valence-corrected chi connectivity index (χ4v) is 2.62. The van der Waals surface area contributed by atoms with Crippen molar-refractivity contribution in [3.8, 4) is 0 Å². The molecular weight excluding hydrogens is 174 g/mol. The highest BCUT2D eigenvalue weighted by atomic mass is 15.3. The number of hydrogen-bond acceptors (Lipinski definition) is 3. The maximum atomic E-state index is 3.43. The van der Waals surface area contributed by atoms with Crippen LogP contribution in [0.15, 0.2) is 0 Å². The van der Waals surface area contributed by atoms with Crippen molar-refractivity contribution >= 4 is 0 Å². The number of likely N-dealkylation sites (tertiary alicyclic amines) is 1. The molecule has 3 heteroatoms. The van der Waals surface area contributed by atoms with Crippen molar-refractivity contribution in [3.05, 3.63) is 0 Å². The predicted molar refractivity (Wildman–Crippen MR) is 59.6 cm³/mol. The van der Waals surface area contributed by atoms with Gasteiger partial charge in [-0.3, -0.25) is 4.90 Å².